The van der Waals surface area contributed by atoms with E-state index in [1.165, 1.54) is 0 Å². The van der Waals surface area contributed by atoms with E-state index in [2.05, 4.69) is 28.6 Å². The van der Waals surface area contributed by atoms with Crippen LogP contribution in [-0.4, -0.2) is 32.1 Å². The van der Waals surface area contributed by atoms with Crippen LogP contribution < -0.4 is 0 Å². The molecule has 6 heteroatoms. The first-order valence-corrected chi connectivity index (χ1v) is 7.89. The highest BCUT2D eigenvalue weighted by atomic mass is 16.3. The van der Waals surface area contributed by atoms with E-state index in [4.69, 9.17) is 4.42 Å². The summed E-state index contributed by atoms with van der Waals surface area (Å²) in [5.41, 5.74) is 0. The Morgan fingerprint density at radius 2 is 2.23 bits per heavy atom. The van der Waals surface area contributed by atoms with Crippen LogP contribution in [0.2, 0.25) is 0 Å². The van der Waals surface area contributed by atoms with Crippen molar-refractivity contribution in [1.82, 2.24) is 19.7 Å². The lowest BCUT2D eigenvalue weighted by molar-refractivity contribution is -0.134. The number of carbonyl (C=O) groups is 1. The molecule has 1 saturated carbocycles. The fourth-order valence-corrected chi connectivity index (χ4v) is 3.31. The normalized spacial score (nSPS) is 23.7. The molecule has 1 amide bonds. The van der Waals surface area contributed by atoms with E-state index in [0.717, 1.165) is 36.9 Å². The second kappa shape index (κ2) is 4.97. The van der Waals surface area contributed by atoms with Crippen molar-refractivity contribution in [1.29, 1.82) is 0 Å². The quantitative estimate of drug-likeness (QED) is 0.871. The summed E-state index contributed by atoms with van der Waals surface area (Å²) in [6.45, 7) is 6.34. The third kappa shape index (κ3) is 2.14. The van der Waals surface area contributed by atoms with Gasteiger partial charge in [-0.1, -0.05) is 13.8 Å². The van der Waals surface area contributed by atoms with Gasteiger partial charge in [-0.15, -0.1) is 10.2 Å². The van der Waals surface area contributed by atoms with Crippen LogP contribution in [0, 0.1) is 5.92 Å². The third-order valence-electron chi connectivity index (χ3n) is 4.63. The van der Waals surface area contributed by atoms with Gasteiger partial charge in [0.05, 0.1) is 12.8 Å². The van der Waals surface area contributed by atoms with Gasteiger partial charge in [0.2, 0.25) is 5.91 Å². The molecular formula is C16H20N4O2. The smallest absolute Gasteiger partial charge is 0.226 e. The van der Waals surface area contributed by atoms with Crippen LogP contribution >= 0.6 is 0 Å². The van der Waals surface area contributed by atoms with Gasteiger partial charge in [-0.2, -0.15) is 0 Å². The molecule has 116 valence electrons. The Hall–Kier alpha value is -2.11. The topological polar surface area (TPSA) is 64.2 Å². The Bertz CT molecular complexity index is 689. The predicted octanol–water partition coefficient (Wildman–Crippen LogP) is 2.14. The Labute approximate surface area is 129 Å². The Morgan fingerprint density at radius 3 is 2.95 bits per heavy atom. The summed E-state index contributed by atoms with van der Waals surface area (Å²) in [6.07, 6.45) is 2.57. The Morgan fingerprint density at radius 1 is 1.36 bits per heavy atom. The summed E-state index contributed by atoms with van der Waals surface area (Å²) in [6, 6.07) is 3.84. The van der Waals surface area contributed by atoms with Crippen molar-refractivity contribution in [2.45, 2.75) is 45.2 Å². The van der Waals surface area contributed by atoms with Crippen LogP contribution in [0.4, 0.5) is 0 Å². The van der Waals surface area contributed by atoms with Gasteiger partial charge in [-0.3, -0.25) is 4.79 Å². The lowest BCUT2D eigenvalue weighted by atomic mass is 10.2. The number of aromatic nitrogens is 3. The summed E-state index contributed by atoms with van der Waals surface area (Å²) in [4.78, 5) is 14.6. The van der Waals surface area contributed by atoms with E-state index < -0.39 is 0 Å². The standard InChI is InChI=1S/C16H20N4O2/c1-10(2)15-18-17-14-9-19(5-6-20(14)15)16(21)12-8-11(12)13-4-3-7-22-13/h3-4,7,10-12H,5-6,8-9H2,1-2H3/t11-,12-/m0/s1. The van der Waals surface area contributed by atoms with Crippen molar-refractivity contribution >= 4 is 5.91 Å². The third-order valence-corrected chi connectivity index (χ3v) is 4.63. The SMILES string of the molecule is CC(C)c1nnc2n1CCN(C(=O)[C@H]1C[C@@H]1c1ccco1)C2. The minimum absolute atomic E-state index is 0.0743. The molecular weight excluding hydrogens is 280 g/mol. The number of carbonyl (C=O) groups excluding carboxylic acids is 1. The second-order valence-electron chi connectivity index (χ2n) is 6.50. The average Bonchev–Trinajstić information content (AvgIpc) is 2.96. The molecule has 2 atom stereocenters. The summed E-state index contributed by atoms with van der Waals surface area (Å²) in [5, 5.41) is 8.53. The number of fused-ring (bicyclic) bond motifs is 1. The highest BCUT2D eigenvalue weighted by Crippen LogP contribution is 2.48. The van der Waals surface area contributed by atoms with Gasteiger partial charge in [0.25, 0.3) is 0 Å². The molecule has 1 fully saturated rings. The maximum atomic E-state index is 12.6. The van der Waals surface area contributed by atoms with Crippen LogP contribution in [0.1, 0.15) is 49.5 Å². The Balaban J connectivity index is 1.46. The van der Waals surface area contributed by atoms with Crippen LogP contribution in [0.3, 0.4) is 0 Å². The molecule has 4 rings (SSSR count). The summed E-state index contributed by atoms with van der Waals surface area (Å²) < 4.78 is 7.57. The lowest BCUT2D eigenvalue weighted by Gasteiger charge is -2.28. The second-order valence-corrected chi connectivity index (χ2v) is 6.50. The van der Waals surface area contributed by atoms with Gasteiger partial charge in [0, 0.05) is 30.8 Å². The first-order chi connectivity index (χ1) is 10.6. The molecule has 3 heterocycles. The van der Waals surface area contributed by atoms with Gasteiger partial charge < -0.3 is 13.9 Å². The minimum atomic E-state index is 0.0743. The lowest BCUT2D eigenvalue weighted by Crippen LogP contribution is -2.39. The van der Waals surface area contributed by atoms with Crippen molar-refractivity contribution in [3.05, 3.63) is 35.8 Å². The molecule has 0 spiro atoms. The molecule has 1 aliphatic heterocycles. The van der Waals surface area contributed by atoms with Crippen molar-refractivity contribution in [3.8, 4) is 0 Å². The maximum Gasteiger partial charge on any atom is 0.226 e. The van der Waals surface area contributed by atoms with Gasteiger partial charge >= 0.3 is 0 Å². The first-order valence-electron chi connectivity index (χ1n) is 7.89. The predicted molar refractivity (Wildman–Crippen MR) is 79.1 cm³/mol. The van der Waals surface area contributed by atoms with E-state index in [-0.39, 0.29) is 17.7 Å². The highest BCUT2D eigenvalue weighted by Gasteiger charge is 2.48. The molecule has 2 aromatic rings. The van der Waals surface area contributed by atoms with E-state index >= 15 is 0 Å². The summed E-state index contributed by atoms with van der Waals surface area (Å²) in [5.74, 6) is 3.76. The van der Waals surface area contributed by atoms with Crippen molar-refractivity contribution in [2.75, 3.05) is 6.54 Å². The molecule has 22 heavy (non-hydrogen) atoms. The van der Waals surface area contributed by atoms with Crippen LogP contribution in [0.5, 0.6) is 0 Å². The summed E-state index contributed by atoms with van der Waals surface area (Å²) >= 11 is 0. The first kappa shape index (κ1) is 13.5. The van der Waals surface area contributed by atoms with E-state index in [1.807, 2.05) is 17.0 Å². The summed E-state index contributed by atoms with van der Waals surface area (Å²) in [7, 11) is 0. The van der Waals surface area contributed by atoms with E-state index in [0.29, 0.717) is 12.5 Å². The maximum absolute atomic E-state index is 12.6. The number of hydrogen-bond acceptors (Lipinski definition) is 4. The molecule has 2 aromatic heterocycles. The molecule has 0 N–H and O–H groups in total. The number of amides is 1. The van der Waals surface area contributed by atoms with Crippen molar-refractivity contribution in [3.63, 3.8) is 0 Å². The highest BCUT2D eigenvalue weighted by molar-refractivity contribution is 5.82. The fraction of sp³-hybridized carbons (Fsp3) is 0.562. The van der Waals surface area contributed by atoms with Crippen molar-refractivity contribution < 1.29 is 9.21 Å². The molecule has 0 unspecified atom stereocenters. The zero-order valence-electron chi connectivity index (χ0n) is 12.9. The molecule has 1 aliphatic carbocycles. The largest absolute Gasteiger partial charge is 0.469 e. The molecule has 6 nitrogen and oxygen atoms in total. The van der Waals surface area contributed by atoms with Gasteiger partial charge in [-0.25, -0.2) is 0 Å². The number of furan rings is 1. The molecule has 2 aliphatic rings. The van der Waals surface area contributed by atoms with Gasteiger partial charge in [0.1, 0.15) is 11.6 Å². The zero-order chi connectivity index (χ0) is 15.3. The van der Waals surface area contributed by atoms with E-state index in [9.17, 15) is 4.79 Å². The fourth-order valence-electron chi connectivity index (χ4n) is 3.31. The number of nitrogens with zero attached hydrogens (tertiary/aromatic N) is 4. The van der Waals surface area contributed by atoms with E-state index in [1.54, 1.807) is 6.26 Å². The average molecular weight is 300 g/mol. The molecule has 0 radical (unpaired) electrons. The van der Waals surface area contributed by atoms with Crippen molar-refractivity contribution in [2.24, 2.45) is 5.92 Å². The van der Waals surface area contributed by atoms with Crippen LogP contribution in [0.15, 0.2) is 22.8 Å². The van der Waals surface area contributed by atoms with Crippen LogP contribution in [-0.2, 0) is 17.9 Å². The molecule has 0 saturated heterocycles. The van der Waals surface area contributed by atoms with Gasteiger partial charge in [0.15, 0.2) is 5.82 Å². The number of hydrogen-bond donors (Lipinski definition) is 0. The molecule has 0 bridgehead atoms. The monoisotopic (exact) mass is 300 g/mol. The minimum Gasteiger partial charge on any atom is -0.469 e. The molecule has 0 aromatic carbocycles. The zero-order valence-corrected chi connectivity index (χ0v) is 12.9. The van der Waals surface area contributed by atoms with Crippen LogP contribution in [0.25, 0.3) is 0 Å². The Kier molecular flexibility index (Phi) is 3.06. The van der Waals surface area contributed by atoms with Gasteiger partial charge in [-0.05, 0) is 18.6 Å². The number of rotatable bonds is 3.